The number of aryl methyl sites for hydroxylation is 1. The van der Waals surface area contributed by atoms with Crippen LogP contribution in [-0.2, 0) is 11.3 Å². The van der Waals surface area contributed by atoms with Crippen LogP contribution in [0.15, 0.2) is 40.0 Å². The van der Waals surface area contributed by atoms with E-state index in [9.17, 15) is 9.59 Å². The van der Waals surface area contributed by atoms with Crippen molar-refractivity contribution in [3.63, 3.8) is 0 Å². The van der Waals surface area contributed by atoms with Gasteiger partial charge in [-0.1, -0.05) is 0 Å². The number of hydrogen-bond donors (Lipinski definition) is 1. The first kappa shape index (κ1) is 16.7. The standard InChI is InChI=1S/C17H21N3O3S/c1-3-19-9-14(4-5-16(19)21)18-17(22)20-8-12(2)23-15(10-20)13-6-7-24-11-13/h4-7,9,11-12,15H,3,8,10H2,1-2H3,(H,18,22)/t12-,15-/m1/s1. The molecule has 1 aliphatic rings. The fraction of sp³-hybridized carbons (Fsp3) is 0.412. The summed E-state index contributed by atoms with van der Waals surface area (Å²) in [5, 5.41) is 6.94. The molecule has 2 atom stereocenters. The number of nitrogens with zero attached hydrogens (tertiary/aromatic N) is 2. The number of hydrogen-bond acceptors (Lipinski definition) is 4. The Morgan fingerprint density at radius 3 is 2.92 bits per heavy atom. The summed E-state index contributed by atoms with van der Waals surface area (Å²) in [4.78, 5) is 26.0. The highest BCUT2D eigenvalue weighted by molar-refractivity contribution is 7.07. The van der Waals surface area contributed by atoms with Crippen LogP contribution in [0.4, 0.5) is 10.5 Å². The molecule has 2 aromatic heterocycles. The van der Waals surface area contributed by atoms with Gasteiger partial charge in [-0.2, -0.15) is 11.3 Å². The Bertz CT molecular complexity index is 757. The van der Waals surface area contributed by atoms with Crippen molar-refractivity contribution in [3.05, 3.63) is 51.1 Å². The van der Waals surface area contributed by atoms with Gasteiger partial charge < -0.3 is 19.5 Å². The lowest BCUT2D eigenvalue weighted by Crippen LogP contribution is -2.47. The van der Waals surface area contributed by atoms with Gasteiger partial charge in [0.05, 0.1) is 18.3 Å². The number of carbonyl (C=O) groups excluding carboxylic acids is 1. The van der Waals surface area contributed by atoms with Crippen molar-refractivity contribution in [3.8, 4) is 0 Å². The molecule has 0 unspecified atom stereocenters. The number of nitrogens with one attached hydrogen (secondary N) is 1. The minimum atomic E-state index is -0.174. The van der Waals surface area contributed by atoms with Crippen LogP contribution in [0.1, 0.15) is 25.5 Å². The molecule has 1 saturated heterocycles. The maximum atomic E-state index is 12.6. The minimum absolute atomic E-state index is 0.0287. The summed E-state index contributed by atoms with van der Waals surface area (Å²) < 4.78 is 7.51. The number of amides is 2. The molecular formula is C17H21N3O3S. The number of ether oxygens (including phenoxy) is 1. The van der Waals surface area contributed by atoms with E-state index in [4.69, 9.17) is 4.74 Å². The molecule has 7 heteroatoms. The monoisotopic (exact) mass is 347 g/mol. The highest BCUT2D eigenvalue weighted by atomic mass is 32.1. The van der Waals surface area contributed by atoms with E-state index in [2.05, 4.69) is 10.7 Å². The Morgan fingerprint density at radius 2 is 2.21 bits per heavy atom. The molecule has 6 nitrogen and oxygen atoms in total. The highest BCUT2D eigenvalue weighted by Crippen LogP contribution is 2.27. The van der Waals surface area contributed by atoms with Gasteiger partial charge in [0.1, 0.15) is 6.10 Å². The van der Waals surface area contributed by atoms with Crippen LogP contribution in [0.3, 0.4) is 0 Å². The summed E-state index contributed by atoms with van der Waals surface area (Å²) in [6.45, 7) is 5.48. The summed E-state index contributed by atoms with van der Waals surface area (Å²) in [6, 6.07) is 4.95. The van der Waals surface area contributed by atoms with Gasteiger partial charge in [-0.15, -0.1) is 0 Å². The maximum absolute atomic E-state index is 12.6. The van der Waals surface area contributed by atoms with Crippen molar-refractivity contribution >= 4 is 23.1 Å². The van der Waals surface area contributed by atoms with Crippen molar-refractivity contribution in [2.45, 2.75) is 32.6 Å². The van der Waals surface area contributed by atoms with Gasteiger partial charge in [-0.25, -0.2) is 4.79 Å². The lowest BCUT2D eigenvalue weighted by molar-refractivity contribution is -0.0640. The first-order valence-electron chi connectivity index (χ1n) is 8.00. The van der Waals surface area contributed by atoms with Gasteiger partial charge in [0.2, 0.25) is 0 Å². The molecule has 128 valence electrons. The van der Waals surface area contributed by atoms with E-state index in [0.29, 0.717) is 25.3 Å². The molecule has 3 heterocycles. The minimum Gasteiger partial charge on any atom is -0.367 e. The van der Waals surface area contributed by atoms with E-state index in [1.807, 2.05) is 25.3 Å². The number of aromatic nitrogens is 1. The van der Waals surface area contributed by atoms with Gasteiger partial charge >= 0.3 is 6.03 Å². The Morgan fingerprint density at radius 1 is 1.38 bits per heavy atom. The van der Waals surface area contributed by atoms with Crippen LogP contribution in [0, 0.1) is 0 Å². The summed E-state index contributed by atoms with van der Waals surface area (Å²) in [7, 11) is 0. The Kier molecular flexibility index (Phi) is 5.01. The van der Waals surface area contributed by atoms with Crippen LogP contribution in [0.2, 0.25) is 0 Å². The second kappa shape index (κ2) is 7.19. The number of rotatable bonds is 3. The van der Waals surface area contributed by atoms with Crippen LogP contribution in [0.25, 0.3) is 0 Å². The average Bonchev–Trinajstić information content (AvgIpc) is 3.10. The van der Waals surface area contributed by atoms with Crippen molar-refractivity contribution in [1.29, 1.82) is 0 Å². The molecule has 0 spiro atoms. The third-order valence-electron chi connectivity index (χ3n) is 4.04. The molecule has 24 heavy (non-hydrogen) atoms. The molecule has 0 aliphatic carbocycles. The lowest BCUT2D eigenvalue weighted by Gasteiger charge is -2.36. The third-order valence-corrected chi connectivity index (χ3v) is 4.74. The van der Waals surface area contributed by atoms with E-state index in [1.165, 1.54) is 6.07 Å². The van der Waals surface area contributed by atoms with Gasteiger partial charge in [0, 0.05) is 25.4 Å². The molecule has 1 aliphatic heterocycles. The first-order valence-corrected chi connectivity index (χ1v) is 8.95. The molecule has 0 aromatic carbocycles. The van der Waals surface area contributed by atoms with Crippen molar-refractivity contribution in [2.24, 2.45) is 0 Å². The SMILES string of the molecule is CCn1cc(NC(=O)N2C[C@@H](C)O[C@@H](c3ccsc3)C2)ccc1=O. The molecule has 3 rings (SSSR count). The van der Waals surface area contributed by atoms with Crippen LogP contribution < -0.4 is 10.9 Å². The second-order valence-electron chi connectivity index (χ2n) is 5.87. The number of carbonyl (C=O) groups is 1. The Balaban J connectivity index is 1.71. The number of thiophene rings is 1. The number of urea groups is 1. The van der Waals surface area contributed by atoms with Crippen LogP contribution in [-0.4, -0.2) is 34.7 Å². The first-order chi connectivity index (χ1) is 11.6. The lowest BCUT2D eigenvalue weighted by atomic mass is 10.1. The number of anilines is 1. The van der Waals surface area contributed by atoms with Gasteiger partial charge in [-0.05, 0) is 42.3 Å². The molecule has 1 fully saturated rings. The maximum Gasteiger partial charge on any atom is 0.322 e. The van der Waals surface area contributed by atoms with E-state index in [-0.39, 0.29) is 23.8 Å². The molecule has 2 aromatic rings. The Hall–Kier alpha value is -2.12. The second-order valence-corrected chi connectivity index (χ2v) is 6.65. The third kappa shape index (κ3) is 3.68. The molecule has 0 saturated carbocycles. The largest absolute Gasteiger partial charge is 0.367 e. The van der Waals surface area contributed by atoms with Crippen molar-refractivity contribution in [1.82, 2.24) is 9.47 Å². The number of morpholine rings is 1. The molecular weight excluding hydrogens is 326 g/mol. The average molecular weight is 347 g/mol. The zero-order valence-electron chi connectivity index (χ0n) is 13.8. The summed E-state index contributed by atoms with van der Waals surface area (Å²) in [6.07, 6.45) is 1.54. The van der Waals surface area contributed by atoms with E-state index < -0.39 is 0 Å². The van der Waals surface area contributed by atoms with Crippen LogP contribution >= 0.6 is 11.3 Å². The highest BCUT2D eigenvalue weighted by Gasteiger charge is 2.29. The summed E-state index contributed by atoms with van der Waals surface area (Å²) in [5.74, 6) is 0. The fourth-order valence-electron chi connectivity index (χ4n) is 2.81. The van der Waals surface area contributed by atoms with Crippen molar-refractivity contribution < 1.29 is 9.53 Å². The quantitative estimate of drug-likeness (QED) is 0.928. The molecule has 2 amide bonds. The zero-order valence-corrected chi connectivity index (χ0v) is 14.6. The predicted octanol–water partition coefficient (Wildman–Crippen LogP) is 2.92. The summed E-state index contributed by atoms with van der Waals surface area (Å²) >= 11 is 1.62. The molecule has 0 bridgehead atoms. The van der Waals surface area contributed by atoms with Crippen LogP contribution in [0.5, 0.6) is 0 Å². The van der Waals surface area contributed by atoms with E-state index >= 15 is 0 Å². The molecule has 0 radical (unpaired) electrons. The van der Waals surface area contributed by atoms with Gasteiger partial charge in [0.25, 0.3) is 5.56 Å². The van der Waals surface area contributed by atoms with Gasteiger partial charge in [-0.3, -0.25) is 4.79 Å². The Labute approximate surface area is 144 Å². The normalized spacial score (nSPS) is 20.8. The predicted molar refractivity (Wildman–Crippen MR) is 94.6 cm³/mol. The van der Waals surface area contributed by atoms with Gasteiger partial charge in [0.15, 0.2) is 0 Å². The smallest absolute Gasteiger partial charge is 0.322 e. The molecule has 1 N–H and O–H groups in total. The zero-order chi connectivity index (χ0) is 17.1. The number of pyridine rings is 1. The van der Waals surface area contributed by atoms with Crippen molar-refractivity contribution in [2.75, 3.05) is 18.4 Å². The summed E-state index contributed by atoms with van der Waals surface area (Å²) in [5.41, 5.74) is 1.64. The van der Waals surface area contributed by atoms with E-state index in [0.717, 1.165) is 5.56 Å². The topological polar surface area (TPSA) is 63.6 Å². The van der Waals surface area contributed by atoms with E-state index in [1.54, 1.807) is 33.1 Å². The fourth-order valence-corrected chi connectivity index (χ4v) is 3.52.